The standard InChI is InChI=1S/C20H19NO4/c1-13(2)25-19-16(5-4-6-18(19)24-3)11-17(12-21)14-7-9-15(10-8-14)20(22)23/h4-11,13H,1-3H3,(H,22,23). The van der Waals surface area contributed by atoms with E-state index in [1.807, 2.05) is 26.0 Å². The number of ether oxygens (including phenoxy) is 2. The Balaban J connectivity index is 2.49. The highest BCUT2D eigenvalue weighted by molar-refractivity contribution is 5.93. The number of methoxy groups -OCH3 is 1. The van der Waals surface area contributed by atoms with Crippen molar-refractivity contribution >= 4 is 17.6 Å². The number of carboxylic acids is 1. The second-order valence-corrected chi connectivity index (χ2v) is 5.60. The van der Waals surface area contributed by atoms with Crippen molar-refractivity contribution in [2.45, 2.75) is 20.0 Å². The molecule has 2 rings (SSSR count). The zero-order chi connectivity index (χ0) is 18.4. The first-order valence-electron chi connectivity index (χ1n) is 7.75. The van der Waals surface area contributed by atoms with Crippen molar-refractivity contribution in [2.24, 2.45) is 0 Å². The molecule has 0 aliphatic heterocycles. The molecular weight excluding hydrogens is 318 g/mol. The van der Waals surface area contributed by atoms with Crippen LogP contribution in [-0.4, -0.2) is 24.3 Å². The third kappa shape index (κ3) is 4.39. The quantitative estimate of drug-likeness (QED) is 0.630. The van der Waals surface area contributed by atoms with Crippen LogP contribution in [0.15, 0.2) is 42.5 Å². The van der Waals surface area contributed by atoms with Crippen molar-refractivity contribution in [1.29, 1.82) is 5.26 Å². The van der Waals surface area contributed by atoms with Gasteiger partial charge in [0.2, 0.25) is 0 Å². The molecule has 128 valence electrons. The number of hydrogen-bond donors (Lipinski definition) is 1. The van der Waals surface area contributed by atoms with Crippen molar-refractivity contribution in [3.63, 3.8) is 0 Å². The van der Waals surface area contributed by atoms with Crippen LogP contribution in [0.2, 0.25) is 0 Å². The minimum absolute atomic E-state index is 0.0520. The number of hydrogen-bond acceptors (Lipinski definition) is 4. The number of aromatic carboxylic acids is 1. The van der Waals surface area contributed by atoms with Crippen molar-refractivity contribution in [1.82, 2.24) is 0 Å². The SMILES string of the molecule is COc1cccc(C=C(C#N)c2ccc(C(=O)O)cc2)c1OC(C)C. The number of carboxylic acid groups (broad SMARTS) is 1. The lowest BCUT2D eigenvalue weighted by Crippen LogP contribution is -2.08. The maximum Gasteiger partial charge on any atom is 0.335 e. The van der Waals surface area contributed by atoms with E-state index >= 15 is 0 Å². The van der Waals surface area contributed by atoms with Crippen molar-refractivity contribution < 1.29 is 19.4 Å². The minimum Gasteiger partial charge on any atom is -0.493 e. The summed E-state index contributed by atoms with van der Waals surface area (Å²) in [6.07, 6.45) is 1.65. The number of allylic oxidation sites excluding steroid dienone is 1. The van der Waals surface area contributed by atoms with Gasteiger partial charge in [0.05, 0.1) is 30.4 Å². The van der Waals surface area contributed by atoms with Crippen LogP contribution in [0.1, 0.15) is 35.3 Å². The van der Waals surface area contributed by atoms with Gasteiger partial charge < -0.3 is 14.6 Å². The van der Waals surface area contributed by atoms with Crippen LogP contribution in [0.3, 0.4) is 0 Å². The highest BCUT2D eigenvalue weighted by atomic mass is 16.5. The average molecular weight is 337 g/mol. The van der Waals surface area contributed by atoms with Crippen LogP contribution in [-0.2, 0) is 0 Å². The molecule has 1 N–H and O–H groups in total. The number of nitrogens with zero attached hydrogens (tertiary/aromatic N) is 1. The summed E-state index contributed by atoms with van der Waals surface area (Å²) in [6, 6.07) is 13.8. The number of rotatable bonds is 6. The Morgan fingerprint density at radius 3 is 2.32 bits per heavy atom. The van der Waals surface area contributed by atoms with Crippen molar-refractivity contribution in [3.05, 3.63) is 59.2 Å². The van der Waals surface area contributed by atoms with E-state index in [2.05, 4.69) is 6.07 Å². The number of nitriles is 1. The molecule has 0 saturated carbocycles. The molecule has 0 heterocycles. The number of benzene rings is 2. The van der Waals surface area contributed by atoms with Gasteiger partial charge in [-0.15, -0.1) is 0 Å². The van der Waals surface area contributed by atoms with E-state index in [9.17, 15) is 10.1 Å². The number of para-hydroxylation sites is 1. The van der Waals surface area contributed by atoms with Gasteiger partial charge in [-0.1, -0.05) is 24.3 Å². The molecule has 0 radical (unpaired) electrons. The van der Waals surface area contributed by atoms with Gasteiger partial charge in [-0.05, 0) is 43.7 Å². The summed E-state index contributed by atoms with van der Waals surface area (Å²) in [5.74, 6) is 0.144. The van der Waals surface area contributed by atoms with Gasteiger partial charge in [0, 0.05) is 5.56 Å². The highest BCUT2D eigenvalue weighted by Gasteiger charge is 2.12. The van der Waals surface area contributed by atoms with E-state index in [0.717, 1.165) is 0 Å². The molecule has 0 aliphatic carbocycles. The molecule has 0 fully saturated rings. The molecule has 5 heteroatoms. The van der Waals surface area contributed by atoms with Gasteiger partial charge >= 0.3 is 5.97 Å². The normalized spacial score (nSPS) is 11.1. The second kappa shape index (κ2) is 8.02. The predicted molar refractivity (Wildman–Crippen MR) is 95.6 cm³/mol. The molecule has 25 heavy (non-hydrogen) atoms. The fraction of sp³-hybridized carbons (Fsp3) is 0.200. The molecule has 0 amide bonds. The topological polar surface area (TPSA) is 79.5 Å². The summed E-state index contributed by atoms with van der Waals surface area (Å²) < 4.78 is 11.2. The molecule has 0 unspecified atom stereocenters. The summed E-state index contributed by atoms with van der Waals surface area (Å²) in [4.78, 5) is 11.0. The zero-order valence-corrected chi connectivity index (χ0v) is 14.3. The summed E-state index contributed by atoms with van der Waals surface area (Å²) in [6.45, 7) is 3.82. The Bertz CT molecular complexity index is 830. The molecular formula is C20H19NO4. The van der Waals surface area contributed by atoms with Gasteiger partial charge in [-0.25, -0.2) is 4.79 Å². The fourth-order valence-electron chi connectivity index (χ4n) is 2.30. The van der Waals surface area contributed by atoms with E-state index in [1.54, 1.807) is 31.4 Å². The van der Waals surface area contributed by atoms with E-state index in [-0.39, 0.29) is 11.7 Å². The largest absolute Gasteiger partial charge is 0.493 e. The Kier molecular flexibility index (Phi) is 5.80. The molecule has 0 spiro atoms. The Labute approximate surface area is 146 Å². The Morgan fingerprint density at radius 1 is 1.16 bits per heavy atom. The second-order valence-electron chi connectivity index (χ2n) is 5.60. The Hall–Kier alpha value is -3.26. The van der Waals surface area contributed by atoms with Crippen LogP contribution in [0.5, 0.6) is 11.5 Å². The van der Waals surface area contributed by atoms with Crippen molar-refractivity contribution in [2.75, 3.05) is 7.11 Å². The predicted octanol–water partition coefficient (Wildman–Crippen LogP) is 4.24. The number of carbonyl (C=O) groups is 1. The first-order valence-corrected chi connectivity index (χ1v) is 7.75. The van der Waals surface area contributed by atoms with E-state index in [4.69, 9.17) is 14.6 Å². The van der Waals surface area contributed by atoms with Gasteiger partial charge in [-0.2, -0.15) is 5.26 Å². The lowest BCUT2D eigenvalue weighted by molar-refractivity contribution is 0.0697. The van der Waals surface area contributed by atoms with Crippen LogP contribution in [0.4, 0.5) is 0 Å². The van der Waals surface area contributed by atoms with Gasteiger partial charge in [0.1, 0.15) is 0 Å². The van der Waals surface area contributed by atoms with Crippen LogP contribution >= 0.6 is 0 Å². The molecule has 0 aromatic heterocycles. The first kappa shape index (κ1) is 18.1. The van der Waals surface area contributed by atoms with E-state index in [0.29, 0.717) is 28.2 Å². The maximum atomic E-state index is 11.0. The Morgan fingerprint density at radius 2 is 1.80 bits per heavy atom. The minimum atomic E-state index is -1.01. The van der Waals surface area contributed by atoms with Crippen LogP contribution in [0, 0.1) is 11.3 Å². The first-order chi connectivity index (χ1) is 12.0. The van der Waals surface area contributed by atoms with Gasteiger partial charge in [0.25, 0.3) is 0 Å². The van der Waals surface area contributed by atoms with Gasteiger partial charge in [0.15, 0.2) is 11.5 Å². The molecule has 0 atom stereocenters. The molecule has 0 bridgehead atoms. The van der Waals surface area contributed by atoms with E-state index < -0.39 is 5.97 Å². The van der Waals surface area contributed by atoms with E-state index in [1.165, 1.54) is 12.1 Å². The molecule has 2 aromatic carbocycles. The fourth-order valence-corrected chi connectivity index (χ4v) is 2.30. The molecule has 2 aromatic rings. The lowest BCUT2D eigenvalue weighted by Gasteiger charge is -2.16. The monoisotopic (exact) mass is 337 g/mol. The summed E-state index contributed by atoms with van der Waals surface area (Å²) in [5.41, 5.74) is 1.92. The van der Waals surface area contributed by atoms with Gasteiger partial charge in [-0.3, -0.25) is 0 Å². The zero-order valence-electron chi connectivity index (χ0n) is 14.3. The molecule has 0 saturated heterocycles. The van der Waals surface area contributed by atoms with Crippen LogP contribution < -0.4 is 9.47 Å². The summed E-state index contributed by atoms with van der Waals surface area (Å²) in [5, 5.41) is 18.5. The summed E-state index contributed by atoms with van der Waals surface area (Å²) >= 11 is 0. The molecule has 0 aliphatic rings. The highest BCUT2D eigenvalue weighted by Crippen LogP contribution is 2.34. The summed E-state index contributed by atoms with van der Waals surface area (Å²) in [7, 11) is 1.56. The maximum absolute atomic E-state index is 11.0. The average Bonchev–Trinajstić information content (AvgIpc) is 2.60. The lowest BCUT2D eigenvalue weighted by atomic mass is 10.0. The smallest absolute Gasteiger partial charge is 0.335 e. The van der Waals surface area contributed by atoms with Crippen LogP contribution in [0.25, 0.3) is 11.6 Å². The molecule has 5 nitrogen and oxygen atoms in total. The third-order valence-corrected chi connectivity index (χ3v) is 3.45. The third-order valence-electron chi connectivity index (χ3n) is 3.45. The van der Waals surface area contributed by atoms with Crippen molar-refractivity contribution in [3.8, 4) is 17.6 Å².